The summed E-state index contributed by atoms with van der Waals surface area (Å²) in [5.41, 5.74) is 4.19. The van der Waals surface area contributed by atoms with E-state index in [9.17, 15) is 0 Å². The van der Waals surface area contributed by atoms with E-state index in [0.717, 1.165) is 5.92 Å². The second kappa shape index (κ2) is 3.15. The number of allylic oxidation sites excluding steroid dienone is 2. The van der Waals surface area contributed by atoms with E-state index in [1.54, 1.807) is 0 Å². The molecule has 13 heavy (non-hydrogen) atoms. The van der Waals surface area contributed by atoms with E-state index >= 15 is 0 Å². The molecular weight excluding hydrogens is 156 g/mol. The van der Waals surface area contributed by atoms with Crippen LogP contribution >= 0.6 is 0 Å². The second-order valence-corrected chi connectivity index (χ2v) is 5.67. The molecule has 0 aromatic heterocycles. The van der Waals surface area contributed by atoms with E-state index in [1.807, 2.05) is 11.1 Å². The van der Waals surface area contributed by atoms with Crippen LogP contribution in [0.15, 0.2) is 11.1 Å². The van der Waals surface area contributed by atoms with Crippen LogP contribution < -0.4 is 0 Å². The SMILES string of the molecule is CC1CCC2=C(CCCC2(C)C)C1. The lowest BCUT2D eigenvalue weighted by Gasteiger charge is -2.39. The van der Waals surface area contributed by atoms with E-state index < -0.39 is 0 Å². The lowest BCUT2D eigenvalue weighted by Crippen LogP contribution is -2.24. The lowest BCUT2D eigenvalue weighted by molar-refractivity contribution is 0.316. The third-order valence-electron chi connectivity index (χ3n) is 4.01. The monoisotopic (exact) mass is 178 g/mol. The number of rotatable bonds is 0. The zero-order valence-corrected chi connectivity index (χ0v) is 9.32. The zero-order chi connectivity index (χ0) is 9.47. The average molecular weight is 178 g/mol. The molecule has 0 aliphatic heterocycles. The van der Waals surface area contributed by atoms with Gasteiger partial charge in [-0.25, -0.2) is 0 Å². The molecule has 74 valence electrons. The molecule has 0 bridgehead atoms. The number of hydrogen-bond acceptors (Lipinski definition) is 0. The van der Waals surface area contributed by atoms with Crippen LogP contribution in [0, 0.1) is 11.3 Å². The molecule has 1 atom stereocenters. The van der Waals surface area contributed by atoms with Crippen molar-refractivity contribution in [1.29, 1.82) is 0 Å². The second-order valence-electron chi connectivity index (χ2n) is 5.67. The van der Waals surface area contributed by atoms with Crippen LogP contribution in [0.2, 0.25) is 0 Å². The van der Waals surface area contributed by atoms with Gasteiger partial charge >= 0.3 is 0 Å². The third kappa shape index (κ3) is 1.68. The maximum absolute atomic E-state index is 2.44. The summed E-state index contributed by atoms with van der Waals surface area (Å²) in [6, 6.07) is 0. The summed E-state index contributed by atoms with van der Waals surface area (Å²) >= 11 is 0. The Kier molecular flexibility index (Phi) is 2.25. The van der Waals surface area contributed by atoms with Gasteiger partial charge in [0.1, 0.15) is 0 Å². The Morgan fingerprint density at radius 1 is 1.23 bits per heavy atom. The molecule has 0 radical (unpaired) electrons. The first-order valence-corrected chi connectivity index (χ1v) is 5.81. The highest BCUT2D eigenvalue weighted by Gasteiger charge is 2.32. The van der Waals surface area contributed by atoms with Gasteiger partial charge in [-0.3, -0.25) is 0 Å². The molecule has 0 heteroatoms. The van der Waals surface area contributed by atoms with Crippen LogP contribution in [0.25, 0.3) is 0 Å². The Morgan fingerprint density at radius 3 is 2.77 bits per heavy atom. The molecule has 2 aliphatic carbocycles. The van der Waals surface area contributed by atoms with E-state index in [4.69, 9.17) is 0 Å². The van der Waals surface area contributed by atoms with E-state index in [2.05, 4.69) is 20.8 Å². The van der Waals surface area contributed by atoms with Gasteiger partial charge < -0.3 is 0 Å². The Bertz CT molecular complexity index is 232. The van der Waals surface area contributed by atoms with Gasteiger partial charge in [-0.05, 0) is 49.9 Å². The molecule has 0 amide bonds. The van der Waals surface area contributed by atoms with Gasteiger partial charge in [-0.15, -0.1) is 0 Å². The Hall–Kier alpha value is -0.260. The summed E-state index contributed by atoms with van der Waals surface area (Å²) in [4.78, 5) is 0. The molecule has 0 heterocycles. The van der Waals surface area contributed by atoms with Gasteiger partial charge in [0.05, 0.1) is 0 Å². The van der Waals surface area contributed by atoms with Gasteiger partial charge in [0.25, 0.3) is 0 Å². The van der Waals surface area contributed by atoms with Crippen LogP contribution in [0.5, 0.6) is 0 Å². The highest BCUT2D eigenvalue weighted by molar-refractivity contribution is 5.26. The van der Waals surface area contributed by atoms with Gasteiger partial charge in [0, 0.05) is 0 Å². The molecule has 0 N–H and O–H groups in total. The average Bonchev–Trinajstić information content (AvgIpc) is 2.02. The van der Waals surface area contributed by atoms with Crippen molar-refractivity contribution in [3.63, 3.8) is 0 Å². The summed E-state index contributed by atoms with van der Waals surface area (Å²) in [6.07, 6.45) is 8.48. The molecule has 2 aliphatic rings. The van der Waals surface area contributed by atoms with Crippen molar-refractivity contribution in [2.24, 2.45) is 11.3 Å². The summed E-state index contributed by atoms with van der Waals surface area (Å²) in [5, 5.41) is 0. The fraction of sp³-hybridized carbons (Fsp3) is 0.846. The number of hydrogen-bond donors (Lipinski definition) is 0. The summed E-state index contributed by atoms with van der Waals surface area (Å²) in [6.45, 7) is 7.29. The van der Waals surface area contributed by atoms with Crippen molar-refractivity contribution in [2.45, 2.75) is 59.3 Å². The molecule has 1 unspecified atom stereocenters. The van der Waals surface area contributed by atoms with Crippen LogP contribution in [0.1, 0.15) is 59.3 Å². The van der Waals surface area contributed by atoms with Gasteiger partial charge in [-0.1, -0.05) is 31.9 Å². The van der Waals surface area contributed by atoms with Crippen molar-refractivity contribution in [3.8, 4) is 0 Å². The Morgan fingerprint density at radius 2 is 2.00 bits per heavy atom. The van der Waals surface area contributed by atoms with Gasteiger partial charge in [-0.2, -0.15) is 0 Å². The molecule has 0 aromatic carbocycles. The summed E-state index contributed by atoms with van der Waals surface area (Å²) in [7, 11) is 0. The van der Waals surface area contributed by atoms with Crippen molar-refractivity contribution >= 4 is 0 Å². The fourth-order valence-electron chi connectivity index (χ4n) is 3.18. The first kappa shape index (κ1) is 9.30. The standard InChI is InChI=1S/C13H22/c1-10-6-7-12-11(9-10)5-4-8-13(12,2)3/h10H,4-9H2,1-3H3. The first-order chi connectivity index (χ1) is 6.09. The smallest absolute Gasteiger partial charge is 0.0142 e. The maximum atomic E-state index is 2.44. The predicted molar refractivity (Wildman–Crippen MR) is 57.7 cm³/mol. The topological polar surface area (TPSA) is 0 Å². The molecule has 0 fully saturated rings. The lowest BCUT2D eigenvalue weighted by atomic mass is 9.66. The third-order valence-corrected chi connectivity index (χ3v) is 4.01. The van der Waals surface area contributed by atoms with Gasteiger partial charge in [0.15, 0.2) is 0 Å². The molecule has 0 saturated carbocycles. The minimum Gasteiger partial charge on any atom is -0.0702 e. The fourth-order valence-corrected chi connectivity index (χ4v) is 3.18. The zero-order valence-electron chi connectivity index (χ0n) is 9.32. The highest BCUT2D eigenvalue weighted by atomic mass is 14.4. The normalized spacial score (nSPS) is 33.0. The largest absolute Gasteiger partial charge is 0.0702 e. The van der Waals surface area contributed by atoms with E-state index in [-0.39, 0.29) is 0 Å². The Balaban J connectivity index is 2.28. The predicted octanol–water partition coefficient (Wildman–Crippen LogP) is 4.31. The van der Waals surface area contributed by atoms with E-state index in [0.29, 0.717) is 5.41 Å². The molecule has 0 saturated heterocycles. The van der Waals surface area contributed by atoms with Crippen molar-refractivity contribution in [1.82, 2.24) is 0 Å². The van der Waals surface area contributed by atoms with Crippen LogP contribution in [-0.2, 0) is 0 Å². The quantitative estimate of drug-likeness (QED) is 0.485. The first-order valence-electron chi connectivity index (χ1n) is 5.81. The molecule has 0 aromatic rings. The molecular formula is C13H22. The van der Waals surface area contributed by atoms with Gasteiger partial charge in [0.2, 0.25) is 0 Å². The summed E-state index contributed by atoms with van der Waals surface area (Å²) < 4.78 is 0. The molecule has 2 rings (SSSR count). The van der Waals surface area contributed by atoms with Crippen molar-refractivity contribution < 1.29 is 0 Å². The molecule has 0 spiro atoms. The molecule has 0 nitrogen and oxygen atoms in total. The van der Waals surface area contributed by atoms with Crippen LogP contribution in [-0.4, -0.2) is 0 Å². The van der Waals surface area contributed by atoms with Crippen molar-refractivity contribution in [2.75, 3.05) is 0 Å². The highest BCUT2D eigenvalue weighted by Crippen LogP contribution is 2.47. The van der Waals surface area contributed by atoms with E-state index in [1.165, 1.54) is 38.5 Å². The van der Waals surface area contributed by atoms with Crippen molar-refractivity contribution in [3.05, 3.63) is 11.1 Å². The summed E-state index contributed by atoms with van der Waals surface area (Å²) in [5.74, 6) is 0.952. The minimum atomic E-state index is 0.535. The minimum absolute atomic E-state index is 0.535. The Labute approximate surface area is 82.4 Å². The van der Waals surface area contributed by atoms with Crippen LogP contribution in [0.4, 0.5) is 0 Å². The van der Waals surface area contributed by atoms with Crippen LogP contribution in [0.3, 0.4) is 0 Å². The maximum Gasteiger partial charge on any atom is -0.0142 e.